The first-order valence-corrected chi connectivity index (χ1v) is 12.8. The van der Waals surface area contributed by atoms with Crippen molar-refractivity contribution in [3.8, 4) is 0 Å². The largest absolute Gasteiger partial charge is 0.337 e. The molecule has 1 atom stereocenters. The number of hydrogen-bond donors (Lipinski definition) is 2. The maximum Gasteiger partial charge on any atom is 0.337 e. The summed E-state index contributed by atoms with van der Waals surface area (Å²) in [7, 11) is -3.88. The fourth-order valence-corrected chi connectivity index (χ4v) is 3.68. The van der Waals surface area contributed by atoms with Crippen LogP contribution in [0.1, 0.15) is 80.1 Å². The first kappa shape index (κ1) is 29.5. The van der Waals surface area contributed by atoms with Crippen LogP contribution in [0.3, 0.4) is 0 Å². The monoisotopic (exact) mass is 455 g/mol. The minimum atomic E-state index is -3.88. The molecule has 0 aliphatic carbocycles. The summed E-state index contributed by atoms with van der Waals surface area (Å²) in [6, 6.07) is 0. The van der Waals surface area contributed by atoms with E-state index in [1.807, 2.05) is 13.0 Å². The lowest BCUT2D eigenvalue weighted by Crippen LogP contribution is -2.27. The molecule has 0 aromatic carbocycles. The number of nitrogens with one attached hydrogen (secondary N) is 1. The second-order valence-electron chi connectivity index (χ2n) is 8.10. The van der Waals surface area contributed by atoms with Gasteiger partial charge in [0.2, 0.25) is 0 Å². The number of allylic oxidation sites excluding steroid dienone is 7. The Balaban J connectivity index is 4.06. The lowest BCUT2D eigenvalue weighted by Gasteiger charge is -2.10. The standard InChI is InChI=1S/C24H42NO5P/c1-7-30-31(27,28)19-24(26)25-29-18-17-23(6)16-10-15-22(5)14-9-13-21(4)12-8-11-20(2)3/h11,13,15,17H,7-10,12,14,16,18-19H2,1-6H3,(H,25,26)(H,27,28). The van der Waals surface area contributed by atoms with Crippen LogP contribution in [0, 0.1) is 0 Å². The normalized spacial score (nSPS) is 14.9. The molecule has 1 unspecified atom stereocenters. The first-order chi connectivity index (χ1) is 14.6. The van der Waals surface area contributed by atoms with Crippen LogP contribution in [0.4, 0.5) is 0 Å². The van der Waals surface area contributed by atoms with Crippen molar-refractivity contribution in [1.29, 1.82) is 0 Å². The molecule has 0 heterocycles. The molecule has 31 heavy (non-hydrogen) atoms. The molecule has 0 aliphatic heterocycles. The van der Waals surface area contributed by atoms with E-state index in [1.54, 1.807) is 6.92 Å². The fourth-order valence-electron chi connectivity index (χ4n) is 2.75. The molecular weight excluding hydrogens is 413 g/mol. The van der Waals surface area contributed by atoms with Crippen molar-refractivity contribution in [3.63, 3.8) is 0 Å². The molecule has 7 heteroatoms. The van der Waals surface area contributed by atoms with Crippen molar-refractivity contribution >= 4 is 13.5 Å². The first-order valence-electron chi connectivity index (χ1n) is 11.0. The zero-order valence-corrected chi connectivity index (χ0v) is 21.1. The second kappa shape index (κ2) is 17.1. The van der Waals surface area contributed by atoms with Gasteiger partial charge in [-0.1, -0.05) is 46.6 Å². The third kappa shape index (κ3) is 19.0. The predicted octanol–water partition coefficient (Wildman–Crippen LogP) is 6.40. The van der Waals surface area contributed by atoms with Crippen LogP contribution < -0.4 is 5.48 Å². The van der Waals surface area contributed by atoms with Crippen LogP contribution in [-0.4, -0.2) is 30.2 Å². The number of rotatable bonds is 16. The molecule has 178 valence electrons. The maximum absolute atomic E-state index is 11.5. The molecule has 2 N–H and O–H groups in total. The minimum Gasteiger partial charge on any atom is -0.324 e. The SMILES string of the molecule is CCOP(=O)(O)CC(=O)NOCC=C(C)CCC=C(C)CCC=C(C)CCC=C(C)C. The highest BCUT2D eigenvalue weighted by atomic mass is 31.2. The molecule has 1 amide bonds. The molecule has 6 nitrogen and oxygen atoms in total. The van der Waals surface area contributed by atoms with E-state index in [2.05, 4.69) is 55.9 Å². The molecule has 0 aromatic heterocycles. The van der Waals surface area contributed by atoms with Gasteiger partial charge in [0.05, 0.1) is 13.2 Å². The van der Waals surface area contributed by atoms with Crippen molar-refractivity contribution in [2.24, 2.45) is 0 Å². The molecular formula is C24H42NO5P. The average molecular weight is 456 g/mol. The van der Waals surface area contributed by atoms with E-state index in [1.165, 1.54) is 16.7 Å². The summed E-state index contributed by atoms with van der Waals surface area (Å²) in [5.74, 6) is -0.676. The third-order valence-electron chi connectivity index (χ3n) is 4.53. The highest BCUT2D eigenvalue weighted by Crippen LogP contribution is 2.40. The van der Waals surface area contributed by atoms with Crippen molar-refractivity contribution in [3.05, 3.63) is 46.6 Å². The Kier molecular flexibility index (Phi) is 16.3. The zero-order valence-electron chi connectivity index (χ0n) is 20.2. The van der Waals surface area contributed by atoms with Crippen LogP contribution in [0.5, 0.6) is 0 Å². The summed E-state index contributed by atoms with van der Waals surface area (Å²) < 4.78 is 16.1. The van der Waals surface area contributed by atoms with E-state index >= 15 is 0 Å². The number of hydrogen-bond acceptors (Lipinski definition) is 4. The van der Waals surface area contributed by atoms with E-state index < -0.39 is 19.7 Å². The number of amides is 1. The van der Waals surface area contributed by atoms with Gasteiger partial charge >= 0.3 is 7.60 Å². The Morgan fingerprint density at radius 1 is 0.871 bits per heavy atom. The smallest absolute Gasteiger partial charge is 0.324 e. The van der Waals surface area contributed by atoms with Gasteiger partial charge in [-0.2, -0.15) is 0 Å². The van der Waals surface area contributed by atoms with Crippen LogP contribution in [-0.2, 0) is 18.7 Å². The van der Waals surface area contributed by atoms with Gasteiger partial charge in [0, 0.05) is 0 Å². The van der Waals surface area contributed by atoms with E-state index in [-0.39, 0.29) is 13.2 Å². The van der Waals surface area contributed by atoms with Gasteiger partial charge in [0.1, 0.15) is 6.16 Å². The van der Waals surface area contributed by atoms with Gasteiger partial charge in [-0.25, -0.2) is 5.48 Å². The molecule has 0 bridgehead atoms. The van der Waals surface area contributed by atoms with Crippen molar-refractivity contribution < 1.29 is 23.6 Å². The predicted molar refractivity (Wildman–Crippen MR) is 129 cm³/mol. The summed E-state index contributed by atoms with van der Waals surface area (Å²) in [6.07, 6.45) is 14.5. The van der Waals surface area contributed by atoms with Crippen molar-refractivity contribution in [2.45, 2.75) is 80.1 Å². The topological polar surface area (TPSA) is 84.9 Å². The lowest BCUT2D eigenvalue weighted by atomic mass is 10.0. The zero-order chi connectivity index (χ0) is 23.7. The Hall–Kier alpha value is -1.46. The lowest BCUT2D eigenvalue weighted by molar-refractivity contribution is -0.130. The number of carbonyl (C=O) groups is 1. The highest BCUT2D eigenvalue weighted by Gasteiger charge is 2.23. The molecule has 0 saturated carbocycles. The van der Waals surface area contributed by atoms with Gasteiger partial charge < -0.3 is 9.42 Å². The van der Waals surface area contributed by atoms with E-state index in [0.29, 0.717) is 0 Å². The van der Waals surface area contributed by atoms with Gasteiger partial charge in [0.25, 0.3) is 5.91 Å². The Labute approximate surface area is 189 Å². The third-order valence-corrected chi connectivity index (χ3v) is 5.88. The Bertz CT molecular complexity index is 703. The van der Waals surface area contributed by atoms with E-state index in [9.17, 15) is 14.3 Å². The molecule has 0 aromatic rings. The summed E-state index contributed by atoms with van der Waals surface area (Å²) in [5.41, 5.74) is 7.55. The van der Waals surface area contributed by atoms with Gasteiger partial charge in [-0.3, -0.25) is 14.2 Å². The van der Waals surface area contributed by atoms with Gasteiger partial charge in [-0.15, -0.1) is 0 Å². The van der Waals surface area contributed by atoms with E-state index in [4.69, 9.17) is 4.84 Å². The Morgan fingerprint density at radius 3 is 1.84 bits per heavy atom. The van der Waals surface area contributed by atoms with Crippen molar-refractivity contribution in [1.82, 2.24) is 5.48 Å². The van der Waals surface area contributed by atoms with E-state index in [0.717, 1.165) is 44.1 Å². The summed E-state index contributed by atoms with van der Waals surface area (Å²) in [5, 5.41) is 0. The van der Waals surface area contributed by atoms with Crippen LogP contribution in [0.2, 0.25) is 0 Å². The van der Waals surface area contributed by atoms with Gasteiger partial charge in [-0.05, 0) is 80.1 Å². The van der Waals surface area contributed by atoms with Crippen molar-refractivity contribution in [2.75, 3.05) is 19.4 Å². The van der Waals surface area contributed by atoms with Crippen LogP contribution in [0.25, 0.3) is 0 Å². The summed E-state index contributed by atoms with van der Waals surface area (Å²) in [6.45, 7) is 12.5. The minimum absolute atomic E-state index is 0.0741. The number of hydroxylamine groups is 1. The molecule has 0 spiro atoms. The average Bonchev–Trinajstić information content (AvgIpc) is 2.64. The Morgan fingerprint density at radius 2 is 1.35 bits per heavy atom. The summed E-state index contributed by atoms with van der Waals surface area (Å²) >= 11 is 0. The van der Waals surface area contributed by atoms with Gasteiger partial charge in [0.15, 0.2) is 0 Å². The quantitative estimate of drug-likeness (QED) is 0.122. The molecule has 0 fully saturated rings. The fraction of sp³-hybridized carbons (Fsp3) is 0.625. The maximum atomic E-state index is 11.5. The van der Waals surface area contributed by atoms with Crippen LogP contribution >= 0.6 is 7.60 Å². The molecule has 0 aliphatic rings. The molecule has 0 rings (SSSR count). The molecule has 0 radical (unpaired) electrons. The molecule has 0 saturated heterocycles. The van der Waals surface area contributed by atoms with Crippen LogP contribution in [0.15, 0.2) is 46.6 Å². The second-order valence-corrected chi connectivity index (χ2v) is 9.95. The summed E-state index contributed by atoms with van der Waals surface area (Å²) in [4.78, 5) is 26.0. The number of carbonyl (C=O) groups excluding carboxylic acids is 1. The highest BCUT2D eigenvalue weighted by molar-refractivity contribution is 7.53.